The van der Waals surface area contributed by atoms with E-state index in [-0.39, 0.29) is 5.91 Å². The van der Waals surface area contributed by atoms with Crippen LogP contribution in [-0.2, 0) is 11.2 Å². The van der Waals surface area contributed by atoms with Crippen molar-refractivity contribution in [1.29, 1.82) is 0 Å². The van der Waals surface area contributed by atoms with Crippen LogP contribution in [0.1, 0.15) is 18.4 Å². The lowest BCUT2D eigenvalue weighted by atomic mass is 10.1. The highest BCUT2D eigenvalue weighted by Crippen LogP contribution is 2.30. The molecule has 1 saturated carbocycles. The summed E-state index contributed by atoms with van der Waals surface area (Å²) in [5.41, 5.74) is 4.66. The Morgan fingerprint density at radius 3 is 2.73 bits per heavy atom. The van der Waals surface area contributed by atoms with Crippen molar-refractivity contribution >= 4 is 17.3 Å². The Hall–Kier alpha value is -3.15. The van der Waals surface area contributed by atoms with E-state index in [1.807, 2.05) is 42.5 Å². The van der Waals surface area contributed by atoms with Gasteiger partial charge in [0, 0.05) is 29.0 Å². The molecule has 1 fully saturated rings. The van der Waals surface area contributed by atoms with E-state index >= 15 is 0 Å². The Morgan fingerprint density at radius 2 is 1.92 bits per heavy atom. The van der Waals surface area contributed by atoms with E-state index in [9.17, 15) is 4.79 Å². The number of aromatic nitrogens is 2. The zero-order valence-corrected chi connectivity index (χ0v) is 14.2. The SMILES string of the molecule is O=C1Cc2cc(-c3noc(-c4ccc(NCC5CC5)cc4)n3)ccc2N1. The third kappa shape index (κ3) is 2.94. The molecule has 1 aliphatic carbocycles. The van der Waals surface area contributed by atoms with Crippen LogP contribution in [0.3, 0.4) is 0 Å². The van der Waals surface area contributed by atoms with Crippen LogP contribution in [-0.4, -0.2) is 22.6 Å². The van der Waals surface area contributed by atoms with Crippen LogP contribution < -0.4 is 10.6 Å². The smallest absolute Gasteiger partial charge is 0.258 e. The standard InChI is InChI=1S/C20H18N4O2/c25-18-10-15-9-14(5-8-17(15)22-18)19-23-20(26-24-19)13-3-6-16(7-4-13)21-11-12-1-2-12/h3-9,12,21H,1-2,10-11H2,(H,22,25). The molecule has 2 N–H and O–H groups in total. The number of nitrogens with one attached hydrogen (secondary N) is 2. The van der Waals surface area contributed by atoms with Crippen LogP contribution in [0.5, 0.6) is 0 Å². The van der Waals surface area contributed by atoms with E-state index in [1.54, 1.807) is 0 Å². The van der Waals surface area contributed by atoms with Crippen LogP contribution in [0.2, 0.25) is 0 Å². The normalized spacial score (nSPS) is 15.6. The van der Waals surface area contributed by atoms with Gasteiger partial charge in [-0.15, -0.1) is 0 Å². The summed E-state index contributed by atoms with van der Waals surface area (Å²) in [4.78, 5) is 16.0. The van der Waals surface area contributed by atoms with Gasteiger partial charge in [0.15, 0.2) is 0 Å². The van der Waals surface area contributed by atoms with Gasteiger partial charge in [0.1, 0.15) is 0 Å². The van der Waals surface area contributed by atoms with E-state index in [0.29, 0.717) is 18.1 Å². The van der Waals surface area contributed by atoms with E-state index in [2.05, 4.69) is 20.8 Å². The summed E-state index contributed by atoms with van der Waals surface area (Å²) >= 11 is 0. The number of benzene rings is 2. The first-order chi connectivity index (χ1) is 12.7. The second-order valence-electron chi connectivity index (χ2n) is 6.92. The molecule has 0 bridgehead atoms. The number of fused-ring (bicyclic) bond motifs is 1. The number of carbonyl (C=O) groups excluding carboxylic acids is 1. The van der Waals surface area contributed by atoms with Gasteiger partial charge < -0.3 is 15.2 Å². The summed E-state index contributed by atoms with van der Waals surface area (Å²) in [7, 11) is 0. The van der Waals surface area contributed by atoms with Gasteiger partial charge in [-0.3, -0.25) is 4.79 Å². The van der Waals surface area contributed by atoms with E-state index in [1.165, 1.54) is 12.8 Å². The summed E-state index contributed by atoms with van der Waals surface area (Å²) in [5.74, 6) is 1.87. The average molecular weight is 346 g/mol. The minimum atomic E-state index is 0.0151. The number of carbonyl (C=O) groups is 1. The van der Waals surface area contributed by atoms with Crippen molar-refractivity contribution in [2.45, 2.75) is 19.3 Å². The number of amides is 1. The molecule has 130 valence electrons. The van der Waals surface area contributed by atoms with Crippen molar-refractivity contribution in [3.05, 3.63) is 48.0 Å². The molecule has 1 aromatic heterocycles. The number of nitrogens with zero attached hydrogens (tertiary/aromatic N) is 2. The van der Waals surface area contributed by atoms with E-state index in [4.69, 9.17) is 4.52 Å². The Bertz CT molecular complexity index is 974. The lowest BCUT2D eigenvalue weighted by Gasteiger charge is -2.05. The van der Waals surface area contributed by atoms with Gasteiger partial charge in [-0.1, -0.05) is 5.16 Å². The zero-order chi connectivity index (χ0) is 17.5. The Balaban J connectivity index is 1.35. The molecule has 0 unspecified atom stereocenters. The molecule has 0 radical (unpaired) electrons. The maximum atomic E-state index is 11.5. The second-order valence-corrected chi connectivity index (χ2v) is 6.92. The first-order valence-corrected chi connectivity index (χ1v) is 8.86. The molecule has 6 nitrogen and oxygen atoms in total. The molecule has 1 amide bonds. The predicted molar refractivity (Wildman–Crippen MR) is 98.7 cm³/mol. The van der Waals surface area contributed by atoms with Crippen molar-refractivity contribution in [3.63, 3.8) is 0 Å². The quantitative estimate of drug-likeness (QED) is 0.736. The Morgan fingerprint density at radius 1 is 1.12 bits per heavy atom. The molecular formula is C20H18N4O2. The van der Waals surface area contributed by atoms with Crippen LogP contribution in [0, 0.1) is 5.92 Å². The fourth-order valence-corrected chi connectivity index (χ4v) is 3.14. The largest absolute Gasteiger partial charge is 0.385 e. The molecule has 0 atom stereocenters. The molecule has 26 heavy (non-hydrogen) atoms. The van der Waals surface area contributed by atoms with Gasteiger partial charge in [0.25, 0.3) is 5.89 Å². The first-order valence-electron chi connectivity index (χ1n) is 8.86. The highest BCUT2D eigenvalue weighted by molar-refractivity contribution is 5.99. The van der Waals surface area contributed by atoms with Crippen molar-refractivity contribution in [3.8, 4) is 22.8 Å². The lowest BCUT2D eigenvalue weighted by molar-refractivity contribution is -0.115. The van der Waals surface area contributed by atoms with Crippen molar-refractivity contribution in [2.24, 2.45) is 5.92 Å². The van der Waals surface area contributed by atoms with Crippen molar-refractivity contribution < 1.29 is 9.32 Å². The minimum absolute atomic E-state index is 0.0151. The fraction of sp³-hybridized carbons (Fsp3) is 0.250. The summed E-state index contributed by atoms with van der Waals surface area (Å²) in [5, 5.41) is 10.4. The molecule has 3 aromatic rings. The number of hydrogen-bond acceptors (Lipinski definition) is 5. The van der Waals surface area contributed by atoms with Crippen LogP contribution >= 0.6 is 0 Å². The van der Waals surface area contributed by atoms with Crippen LogP contribution in [0.15, 0.2) is 47.0 Å². The summed E-state index contributed by atoms with van der Waals surface area (Å²) in [6, 6.07) is 13.8. The van der Waals surface area contributed by atoms with Gasteiger partial charge in [-0.2, -0.15) is 4.98 Å². The first kappa shape index (κ1) is 15.1. The van der Waals surface area contributed by atoms with Crippen LogP contribution in [0.25, 0.3) is 22.8 Å². The predicted octanol–water partition coefficient (Wildman–Crippen LogP) is 3.72. The third-order valence-corrected chi connectivity index (χ3v) is 4.84. The fourth-order valence-electron chi connectivity index (χ4n) is 3.14. The molecule has 5 rings (SSSR count). The average Bonchev–Trinajstić information content (AvgIpc) is 3.21. The number of rotatable bonds is 5. The monoisotopic (exact) mass is 346 g/mol. The second kappa shape index (κ2) is 5.98. The van der Waals surface area contributed by atoms with Gasteiger partial charge in [-0.05, 0) is 66.8 Å². The van der Waals surface area contributed by atoms with Gasteiger partial charge in [-0.25, -0.2) is 0 Å². The molecular weight excluding hydrogens is 328 g/mol. The highest BCUT2D eigenvalue weighted by Gasteiger charge is 2.21. The van der Waals surface area contributed by atoms with Crippen LogP contribution in [0.4, 0.5) is 11.4 Å². The third-order valence-electron chi connectivity index (χ3n) is 4.84. The highest BCUT2D eigenvalue weighted by atomic mass is 16.5. The minimum Gasteiger partial charge on any atom is -0.385 e. The number of anilines is 2. The summed E-state index contributed by atoms with van der Waals surface area (Å²) < 4.78 is 5.43. The molecule has 2 aliphatic rings. The van der Waals surface area contributed by atoms with Crippen molar-refractivity contribution in [2.75, 3.05) is 17.2 Å². The Kier molecular flexibility index (Phi) is 3.48. The molecule has 2 heterocycles. The van der Waals surface area contributed by atoms with Gasteiger partial charge in [0.05, 0.1) is 6.42 Å². The number of hydrogen-bond donors (Lipinski definition) is 2. The molecule has 2 aromatic carbocycles. The topological polar surface area (TPSA) is 80.1 Å². The van der Waals surface area contributed by atoms with E-state index < -0.39 is 0 Å². The molecule has 6 heteroatoms. The molecule has 0 spiro atoms. The zero-order valence-electron chi connectivity index (χ0n) is 14.2. The van der Waals surface area contributed by atoms with E-state index in [0.717, 1.165) is 40.5 Å². The van der Waals surface area contributed by atoms with Gasteiger partial charge >= 0.3 is 0 Å². The molecule has 0 saturated heterocycles. The maximum absolute atomic E-state index is 11.5. The summed E-state index contributed by atoms with van der Waals surface area (Å²) in [6.07, 6.45) is 3.06. The molecule has 1 aliphatic heterocycles. The maximum Gasteiger partial charge on any atom is 0.258 e. The van der Waals surface area contributed by atoms with Crippen molar-refractivity contribution in [1.82, 2.24) is 10.1 Å². The Labute approximate surface area is 150 Å². The lowest BCUT2D eigenvalue weighted by Crippen LogP contribution is -2.03. The summed E-state index contributed by atoms with van der Waals surface area (Å²) in [6.45, 7) is 1.04. The van der Waals surface area contributed by atoms with Gasteiger partial charge in [0.2, 0.25) is 11.7 Å².